The second-order valence-corrected chi connectivity index (χ2v) is 4.67. The second kappa shape index (κ2) is 5.95. The Hall–Kier alpha value is -1.17. The summed E-state index contributed by atoms with van der Waals surface area (Å²) in [5.41, 5.74) is 2.08. The fourth-order valence-corrected chi connectivity index (χ4v) is 2.74. The van der Waals surface area contributed by atoms with Crippen LogP contribution in [-0.2, 0) is 0 Å². The molecule has 2 aromatic heterocycles. The number of fused-ring (bicyclic) bond motifs is 1. The van der Waals surface area contributed by atoms with E-state index in [4.69, 9.17) is 10.2 Å². The van der Waals surface area contributed by atoms with Gasteiger partial charge in [0.1, 0.15) is 0 Å². The van der Waals surface area contributed by atoms with Gasteiger partial charge in [0.15, 0.2) is 0 Å². The first-order valence-electron chi connectivity index (χ1n) is 5.65. The van der Waals surface area contributed by atoms with E-state index in [-0.39, 0.29) is 13.2 Å². The Morgan fingerprint density at radius 3 is 2.82 bits per heavy atom. The predicted octanol–water partition coefficient (Wildman–Crippen LogP) is 1.48. The Morgan fingerprint density at radius 1 is 1.18 bits per heavy atom. The molecule has 5 heteroatoms. The number of nitrogens with zero attached hydrogens (tertiary/aromatic N) is 2. The molecule has 0 aliphatic heterocycles. The van der Waals surface area contributed by atoms with E-state index in [1.54, 1.807) is 17.5 Å². The Balaban J connectivity index is 2.30. The van der Waals surface area contributed by atoms with Gasteiger partial charge in [0.25, 0.3) is 0 Å². The van der Waals surface area contributed by atoms with E-state index in [1.165, 1.54) is 0 Å². The fraction of sp³-hybridized carbons (Fsp3) is 0.417. The van der Waals surface area contributed by atoms with Crippen LogP contribution in [0.2, 0.25) is 0 Å². The summed E-state index contributed by atoms with van der Waals surface area (Å²) in [6.07, 6.45) is 2.49. The highest BCUT2D eigenvalue weighted by Gasteiger charge is 2.10. The Labute approximate surface area is 104 Å². The molecule has 0 fully saturated rings. The number of pyridine rings is 1. The van der Waals surface area contributed by atoms with Gasteiger partial charge in [0, 0.05) is 25.9 Å². The van der Waals surface area contributed by atoms with Crippen molar-refractivity contribution in [2.75, 3.05) is 31.2 Å². The molecule has 0 unspecified atom stereocenters. The minimum absolute atomic E-state index is 0.112. The van der Waals surface area contributed by atoms with Crippen molar-refractivity contribution in [3.05, 3.63) is 23.7 Å². The van der Waals surface area contributed by atoms with Crippen molar-refractivity contribution in [3.63, 3.8) is 0 Å². The molecule has 17 heavy (non-hydrogen) atoms. The lowest BCUT2D eigenvalue weighted by atomic mass is 10.3. The standard InChI is InChI=1S/C12H16N2O2S/c15-7-1-5-14(6-8-16)11-2-4-13-10-3-9-17-12(10)11/h2-4,9,15-16H,1,5-8H2. The maximum atomic E-state index is 9.10. The maximum absolute atomic E-state index is 9.10. The number of hydrogen-bond donors (Lipinski definition) is 2. The average Bonchev–Trinajstić information content (AvgIpc) is 2.82. The summed E-state index contributed by atoms with van der Waals surface area (Å²) < 4.78 is 1.14. The minimum atomic E-state index is 0.112. The normalized spacial score (nSPS) is 10.9. The van der Waals surface area contributed by atoms with Crippen molar-refractivity contribution in [1.29, 1.82) is 0 Å². The number of anilines is 1. The smallest absolute Gasteiger partial charge is 0.0830 e. The number of thiophene rings is 1. The van der Waals surface area contributed by atoms with Gasteiger partial charge in [0.2, 0.25) is 0 Å². The molecule has 92 valence electrons. The molecule has 2 heterocycles. The quantitative estimate of drug-likeness (QED) is 0.817. The highest BCUT2D eigenvalue weighted by molar-refractivity contribution is 7.17. The fourth-order valence-electron chi connectivity index (χ4n) is 1.84. The van der Waals surface area contributed by atoms with Crippen LogP contribution in [0.15, 0.2) is 23.7 Å². The molecule has 0 saturated heterocycles. The molecule has 0 amide bonds. The van der Waals surface area contributed by atoms with Gasteiger partial charge in [-0.05, 0) is 23.9 Å². The molecule has 0 aliphatic rings. The third kappa shape index (κ3) is 2.74. The van der Waals surface area contributed by atoms with E-state index in [2.05, 4.69) is 9.88 Å². The first-order chi connectivity index (χ1) is 8.36. The highest BCUT2D eigenvalue weighted by atomic mass is 32.1. The Kier molecular flexibility index (Phi) is 4.30. The number of aromatic nitrogens is 1. The largest absolute Gasteiger partial charge is 0.396 e. The molecule has 0 atom stereocenters. The van der Waals surface area contributed by atoms with Gasteiger partial charge < -0.3 is 15.1 Å². The Bertz CT molecular complexity index is 472. The molecule has 0 aliphatic carbocycles. The minimum Gasteiger partial charge on any atom is -0.396 e. The summed E-state index contributed by atoms with van der Waals surface area (Å²) in [5, 5.41) is 20.0. The lowest BCUT2D eigenvalue weighted by Gasteiger charge is -2.24. The van der Waals surface area contributed by atoms with E-state index in [0.717, 1.165) is 22.4 Å². The second-order valence-electron chi connectivity index (χ2n) is 3.75. The summed E-state index contributed by atoms with van der Waals surface area (Å²) in [7, 11) is 0. The third-order valence-corrected chi connectivity index (χ3v) is 3.55. The van der Waals surface area contributed by atoms with Gasteiger partial charge in [-0.25, -0.2) is 0 Å². The number of rotatable bonds is 6. The van der Waals surface area contributed by atoms with Gasteiger partial charge >= 0.3 is 0 Å². The summed E-state index contributed by atoms with van der Waals surface area (Å²) >= 11 is 1.65. The van der Waals surface area contributed by atoms with Crippen molar-refractivity contribution in [2.24, 2.45) is 0 Å². The SMILES string of the molecule is OCCCN(CCO)c1ccnc2ccsc12. The molecular weight excluding hydrogens is 236 g/mol. The molecule has 4 nitrogen and oxygen atoms in total. The molecule has 2 N–H and O–H groups in total. The van der Waals surface area contributed by atoms with Gasteiger partial charge in [-0.15, -0.1) is 11.3 Å². The van der Waals surface area contributed by atoms with Crippen molar-refractivity contribution >= 4 is 27.2 Å². The van der Waals surface area contributed by atoms with Crippen LogP contribution in [0.1, 0.15) is 6.42 Å². The van der Waals surface area contributed by atoms with Crippen LogP contribution in [0.4, 0.5) is 5.69 Å². The predicted molar refractivity (Wildman–Crippen MR) is 70.6 cm³/mol. The van der Waals surface area contributed by atoms with Crippen LogP contribution in [0.25, 0.3) is 10.2 Å². The molecule has 2 rings (SSSR count). The lowest BCUT2D eigenvalue weighted by Crippen LogP contribution is -2.28. The van der Waals surface area contributed by atoms with E-state index in [1.807, 2.05) is 17.5 Å². The van der Waals surface area contributed by atoms with Crippen molar-refractivity contribution in [1.82, 2.24) is 4.98 Å². The highest BCUT2D eigenvalue weighted by Crippen LogP contribution is 2.29. The van der Waals surface area contributed by atoms with Crippen LogP contribution in [-0.4, -0.2) is 41.5 Å². The number of aliphatic hydroxyl groups excluding tert-OH is 2. The zero-order chi connectivity index (χ0) is 12.1. The zero-order valence-electron chi connectivity index (χ0n) is 9.54. The number of hydrogen-bond acceptors (Lipinski definition) is 5. The lowest BCUT2D eigenvalue weighted by molar-refractivity contribution is 0.281. The summed E-state index contributed by atoms with van der Waals surface area (Å²) in [5.74, 6) is 0. The first-order valence-corrected chi connectivity index (χ1v) is 6.53. The van der Waals surface area contributed by atoms with Crippen LogP contribution >= 0.6 is 11.3 Å². The molecule has 0 spiro atoms. The molecule has 0 saturated carbocycles. The van der Waals surface area contributed by atoms with Gasteiger partial charge in [-0.3, -0.25) is 4.98 Å². The van der Waals surface area contributed by atoms with Gasteiger partial charge in [-0.1, -0.05) is 0 Å². The van der Waals surface area contributed by atoms with E-state index >= 15 is 0 Å². The summed E-state index contributed by atoms with van der Waals surface area (Å²) in [6, 6.07) is 3.96. The molecule has 0 aromatic carbocycles. The summed E-state index contributed by atoms with van der Waals surface area (Å²) in [4.78, 5) is 6.39. The first kappa shape index (κ1) is 12.3. The molecule has 2 aromatic rings. The monoisotopic (exact) mass is 252 g/mol. The molecular formula is C12H16N2O2S. The average molecular weight is 252 g/mol. The Morgan fingerprint density at radius 2 is 2.06 bits per heavy atom. The molecule has 0 bridgehead atoms. The van der Waals surface area contributed by atoms with Crippen molar-refractivity contribution in [2.45, 2.75) is 6.42 Å². The van der Waals surface area contributed by atoms with E-state index in [0.29, 0.717) is 13.0 Å². The van der Waals surface area contributed by atoms with Crippen LogP contribution in [0, 0.1) is 0 Å². The van der Waals surface area contributed by atoms with Crippen LogP contribution < -0.4 is 4.90 Å². The van der Waals surface area contributed by atoms with Crippen molar-refractivity contribution < 1.29 is 10.2 Å². The summed E-state index contributed by atoms with van der Waals surface area (Å²) in [6.45, 7) is 1.60. The van der Waals surface area contributed by atoms with Crippen molar-refractivity contribution in [3.8, 4) is 0 Å². The van der Waals surface area contributed by atoms with Crippen LogP contribution in [0.5, 0.6) is 0 Å². The topological polar surface area (TPSA) is 56.6 Å². The zero-order valence-corrected chi connectivity index (χ0v) is 10.4. The van der Waals surface area contributed by atoms with E-state index < -0.39 is 0 Å². The maximum Gasteiger partial charge on any atom is 0.0830 e. The van der Waals surface area contributed by atoms with Crippen LogP contribution in [0.3, 0.4) is 0 Å². The van der Waals surface area contributed by atoms with Gasteiger partial charge in [-0.2, -0.15) is 0 Å². The van der Waals surface area contributed by atoms with Gasteiger partial charge in [0.05, 0.1) is 22.5 Å². The molecule has 0 radical (unpaired) electrons. The number of aliphatic hydroxyl groups is 2. The van der Waals surface area contributed by atoms with E-state index in [9.17, 15) is 0 Å². The third-order valence-electron chi connectivity index (χ3n) is 2.62.